The molecular formula is C24H30N2O7S. The molecular weight excluding hydrogens is 460 g/mol. The third-order valence-electron chi connectivity index (χ3n) is 5.57. The Morgan fingerprint density at radius 1 is 0.941 bits per heavy atom. The van der Waals surface area contributed by atoms with Crippen molar-refractivity contribution in [2.45, 2.75) is 37.1 Å². The van der Waals surface area contributed by atoms with E-state index in [1.807, 2.05) is 12.1 Å². The molecule has 0 spiro atoms. The number of hydrogen-bond donors (Lipinski definition) is 1. The summed E-state index contributed by atoms with van der Waals surface area (Å²) >= 11 is 0. The highest BCUT2D eigenvalue weighted by Crippen LogP contribution is 2.29. The molecule has 1 heterocycles. The lowest BCUT2D eigenvalue weighted by Crippen LogP contribution is -2.32. The van der Waals surface area contributed by atoms with E-state index in [-0.39, 0.29) is 22.8 Å². The van der Waals surface area contributed by atoms with E-state index in [9.17, 15) is 18.0 Å². The number of sulfonamides is 1. The molecule has 34 heavy (non-hydrogen) atoms. The van der Waals surface area contributed by atoms with Gasteiger partial charge in [0.1, 0.15) is 16.4 Å². The summed E-state index contributed by atoms with van der Waals surface area (Å²) in [5.74, 6) is -0.414. The monoisotopic (exact) mass is 490 g/mol. The van der Waals surface area contributed by atoms with Gasteiger partial charge in [-0.3, -0.25) is 4.79 Å². The highest BCUT2D eigenvalue weighted by atomic mass is 32.2. The standard InChI is InChI=1S/C24H30N2O7S/c1-31-20-10-7-18(8-11-20)16-25-23(27)17-33-24(28)19-9-12-21(32-2)22(15-19)34(29,30)26-13-5-3-4-6-14-26/h7-12,15H,3-6,13-14,16-17H2,1-2H3,(H,25,27). The first kappa shape index (κ1) is 25.5. The van der Waals surface area contributed by atoms with Crippen molar-refractivity contribution in [1.29, 1.82) is 0 Å². The topological polar surface area (TPSA) is 111 Å². The summed E-state index contributed by atoms with van der Waals surface area (Å²) in [4.78, 5) is 24.6. The van der Waals surface area contributed by atoms with Crippen LogP contribution in [0.2, 0.25) is 0 Å². The van der Waals surface area contributed by atoms with E-state index < -0.39 is 28.5 Å². The average molecular weight is 491 g/mol. The molecule has 1 aliphatic heterocycles. The molecule has 0 aliphatic carbocycles. The fraction of sp³-hybridized carbons (Fsp3) is 0.417. The number of ether oxygens (including phenoxy) is 3. The first-order chi connectivity index (χ1) is 16.3. The van der Waals surface area contributed by atoms with Crippen molar-refractivity contribution >= 4 is 21.9 Å². The molecule has 0 radical (unpaired) electrons. The van der Waals surface area contributed by atoms with Gasteiger partial charge in [-0.1, -0.05) is 25.0 Å². The maximum atomic E-state index is 13.2. The second-order valence-corrected chi connectivity index (χ2v) is 9.79. The summed E-state index contributed by atoms with van der Waals surface area (Å²) in [7, 11) is -0.900. The van der Waals surface area contributed by atoms with Crippen molar-refractivity contribution in [2.75, 3.05) is 33.9 Å². The number of rotatable bonds is 9. The Morgan fingerprint density at radius 3 is 2.24 bits per heavy atom. The summed E-state index contributed by atoms with van der Waals surface area (Å²) in [6.07, 6.45) is 3.54. The molecule has 2 aromatic rings. The van der Waals surface area contributed by atoms with Crippen LogP contribution in [0.15, 0.2) is 47.4 Å². The number of benzene rings is 2. The summed E-state index contributed by atoms with van der Waals surface area (Å²) in [5, 5.41) is 2.67. The third kappa shape index (κ3) is 6.48. The molecule has 0 atom stereocenters. The van der Waals surface area contributed by atoms with Crippen LogP contribution in [-0.4, -0.2) is 58.5 Å². The zero-order valence-corrected chi connectivity index (χ0v) is 20.2. The van der Waals surface area contributed by atoms with E-state index in [0.29, 0.717) is 18.8 Å². The third-order valence-corrected chi connectivity index (χ3v) is 7.49. The van der Waals surface area contributed by atoms with E-state index in [1.54, 1.807) is 19.2 Å². The normalized spacial score (nSPS) is 14.6. The second kappa shape index (κ2) is 11.8. The van der Waals surface area contributed by atoms with Crippen LogP contribution in [0.4, 0.5) is 0 Å². The molecule has 0 saturated carbocycles. The molecule has 0 aromatic heterocycles. The molecule has 10 heteroatoms. The highest BCUT2D eigenvalue weighted by Gasteiger charge is 2.29. The number of nitrogens with one attached hydrogen (secondary N) is 1. The van der Waals surface area contributed by atoms with Gasteiger partial charge >= 0.3 is 5.97 Å². The molecule has 9 nitrogen and oxygen atoms in total. The van der Waals surface area contributed by atoms with Gasteiger partial charge in [0.15, 0.2) is 6.61 Å². The van der Waals surface area contributed by atoms with E-state index in [0.717, 1.165) is 31.2 Å². The Balaban J connectivity index is 1.63. The quantitative estimate of drug-likeness (QED) is 0.538. The summed E-state index contributed by atoms with van der Waals surface area (Å²) < 4.78 is 43.4. The smallest absolute Gasteiger partial charge is 0.338 e. The lowest BCUT2D eigenvalue weighted by molar-refractivity contribution is -0.124. The minimum absolute atomic E-state index is 0.0251. The molecule has 1 N–H and O–H groups in total. The molecule has 0 unspecified atom stereocenters. The van der Waals surface area contributed by atoms with E-state index in [2.05, 4.69) is 5.32 Å². The Labute approximate surface area is 200 Å². The first-order valence-corrected chi connectivity index (χ1v) is 12.5. The van der Waals surface area contributed by atoms with Gasteiger partial charge in [-0.2, -0.15) is 4.31 Å². The highest BCUT2D eigenvalue weighted by molar-refractivity contribution is 7.89. The molecule has 1 amide bonds. The Morgan fingerprint density at radius 2 is 1.62 bits per heavy atom. The van der Waals surface area contributed by atoms with Gasteiger partial charge in [0.05, 0.1) is 19.8 Å². The lowest BCUT2D eigenvalue weighted by Gasteiger charge is -2.21. The maximum Gasteiger partial charge on any atom is 0.338 e. The fourth-order valence-electron chi connectivity index (χ4n) is 3.64. The van der Waals surface area contributed by atoms with Gasteiger partial charge in [0, 0.05) is 19.6 Å². The van der Waals surface area contributed by atoms with Gasteiger partial charge in [-0.15, -0.1) is 0 Å². The van der Waals surface area contributed by atoms with Crippen molar-refractivity contribution in [1.82, 2.24) is 9.62 Å². The molecule has 1 aliphatic rings. The maximum absolute atomic E-state index is 13.2. The predicted molar refractivity (Wildman–Crippen MR) is 125 cm³/mol. The van der Waals surface area contributed by atoms with Crippen molar-refractivity contribution in [3.8, 4) is 11.5 Å². The van der Waals surface area contributed by atoms with Gasteiger partial charge in [0.25, 0.3) is 5.91 Å². The molecule has 3 rings (SSSR count). The number of carbonyl (C=O) groups excluding carboxylic acids is 2. The van der Waals surface area contributed by atoms with Gasteiger partial charge in [-0.25, -0.2) is 13.2 Å². The van der Waals surface area contributed by atoms with Crippen LogP contribution >= 0.6 is 0 Å². The minimum atomic E-state index is -3.85. The van der Waals surface area contributed by atoms with Crippen LogP contribution < -0.4 is 14.8 Å². The number of amides is 1. The van der Waals surface area contributed by atoms with Crippen molar-refractivity contribution in [3.63, 3.8) is 0 Å². The van der Waals surface area contributed by atoms with Crippen LogP contribution in [-0.2, 0) is 26.1 Å². The minimum Gasteiger partial charge on any atom is -0.497 e. The van der Waals surface area contributed by atoms with Crippen LogP contribution in [0.1, 0.15) is 41.6 Å². The van der Waals surface area contributed by atoms with E-state index in [1.165, 1.54) is 29.6 Å². The number of methoxy groups -OCH3 is 2. The summed E-state index contributed by atoms with van der Waals surface area (Å²) in [6, 6.07) is 11.3. The van der Waals surface area contributed by atoms with Crippen LogP contribution in [0.3, 0.4) is 0 Å². The van der Waals surface area contributed by atoms with Crippen LogP contribution in [0.5, 0.6) is 11.5 Å². The van der Waals surface area contributed by atoms with Gasteiger partial charge < -0.3 is 19.5 Å². The Kier molecular flexibility index (Phi) is 8.89. The average Bonchev–Trinajstić information content (AvgIpc) is 3.16. The van der Waals surface area contributed by atoms with Gasteiger partial charge in [-0.05, 0) is 48.7 Å². The van der Waals surface area contributed by atoms with E-state index in [4.69, 9.17) is 14.2 Å². The number of carbonyl (C=O) groups is 2. The molecule has 1 saturated heterocycles. The fourth-order valence-corrected chi connectivity index (χ4v) is 5.33. The largest absolute Gasteiger partial charge is 0.497 e. The van der Waals surface area contributed by atoms with Crippen LogP contribution in [0, 0.1) is 0 Å². The number of nitrogens with zero attached hydrogens (tertiary/aromatic N) is 1. The van der Waals surface area contributed by atoms with Crippen molar-refractivity contribution < 1.29 is 32.2 Å². The predicted octanol–water partition coefficient (Wildman–Crippen LogP) is 2.74. The second-order valence-electron chi connectivity index (χ2n) is 7.88. The molecule has 1 fully saturated rings. The summed E-state index contributed by atoms with van der Waals surface area (Å²) in [6.45, 7) is 0.624. The first-order valence-electron chi connectivity index (χ1n) is 11.1. The number of esters is 1. The number of hydrogen-bond acceptors (Lipinski definition) is 7. The van der Waals surface area contributed by atoms with Gasteiger partial charge in [0.2, 0.25) is 10.0 Å². The Bertz CT molecular complexity index is 1090. The molecule has 2 aromatic carbocycles. The zero-order chi connectivity index (χ0) is 24.6. The van der Waals surface area contributed by atoms with Crippen LogP contribution in [0.25, 0.3) is 0 Å². The lowest BCUT2D eigenvalue weighted by atomic mass is 10.2. The Hall–Kier alpha value is -3.11. The molecule has 184 valence electrons. The summed E-state index contributed by atoms with van der Waals surface area (Å²) in [5.41, 5.74) is 0.885. The molecule has 0 bridgehead atoms. The van der Waals surface area contributed by atoms with E-state index >= 15 is 0 Å². The van der Waals surface area contributed by atoms with Crippen molar-refractivity contribution in [3.05, 3.63) is 53.6 Å². The SMILES string of the molecule is COc1ccc(CNC(=O)COC(=O)c2ccc(OC)c(S(=O)(=O)N3CCCCCC3)c2)cc1. The van der Waals surface area contributed by atoms with Crippen molar-refractivity contribution in [2.24, 2.45) is 0 Å². The zero-order valence-electron chi connectivity index (χ0n) is 19.4.